The minimum atomic E-state index is -3.43. The Balaban J connectivity index is 1.55. The summed E-state index contributed by atoms with van der Waals surface area (Å²) in [5.74, 6) is 1.01. The van der Waals surface area contributed by atoms with Crippen LogP contribution in [0.5, 0.6) is 0 Å². The van der Waals surface area contributed by atoms with Crippen molar-refractivity contribution in [3.8, 4) is 6.07 Å². The smallest absolute Gasteiger partial charge is 0.250 e. The van der Waals surface area contributed by atoms with Crippen molar-refractivity contribution >= 4 is 27.2 Å². The highest BCUT2D eigenvalue weighted by molar-refractivity contribution is 7.91. The second kappa shape index (κ2) is 8.16. The Morgan fingerprint density at radius 1 is 1.35 bits per heavy atom. The molecule has 1 saturated heterocycles. The Kier molecular flexibility index (Phi) is 5.91. The van der Waals surface area contributed by atoms with Crippen LogP contribution in [-0.4, -0.2) is 33.0 Å². The van der Waals surface area contributed by atoms with E-state index < -0.39 is 10.0 Å². The van der Waals surface area contributed by atoms with Crippen LogP contribution in [-0.2, 0) is 16.4 Å². The number of aromatic nitrogens is 1. The molecule has 138 valence electrons. The van der Waals surface area contributed by atoms with Crippen molar-refractivity contribution in [2.45, 2.75) is 30.4 Å². The molecule has 1 aliphatic heterocycles. The predicted octanol–water partition coefficient (Wildman–Crippen LogP) is 2.77. The van der Waals surface area contributed by atoms with Crippen molar-refractivity contribution < 1.29 is 8.42 Å². The molecule has 2 aromatic heterocycles. The van der Waals surface area contributed by atoms with Crippen LogP contribution in [0, 0.1) is 17.2 Å². The lowest BCUT2D eigenvalue weighted by Crippen LogP contribution is -2.39. The van der Waals surface area contributed by atoms with Gasteiger partial charge >= 0.3 is 0 Å². The number of nitrogens with zero attached hydrogens (tertiary/aromatic N) is 3. The summed E-state index contributed by atoms with van der Waals surface area (Å²) >= 11 is 1.33. The molecule has 0 aliphatic carbocycles. The van der Waals surface area contributed by atoms with Gasteiger partial charge in [-0.1, -0.05) is 6.92 Å². The summed E-state index contributed by atoms with van der Waals surface area (Å²) in [5, 5.41) is 9.21. The molecular weight excluding hydrogens is 368 g/mol. The van der Waals surface area contributed by atoms with Gasteiger partial charge in [-0.25, -0.2) is 18.1 Å². The molecule has 3 heterocycles. The minimum absolute atomic E-state index is 0.292. The largest absolute Gasteiger partial charge is 0.356 e. The Hall–Kier alpha value is -1.95. The maximum atomic E-state index is 12.4. The van der Waals surface area contributed by atoms with Crippen LogP contribution in [0.4, 0.5) is 5.82 Å². The van der Waals surface area contributed by atoms with Crippen molar-refractivity contribution in [2.75, 3.05) is 24.5 Å². The summed E-state index contributed by atoms with van der Waals surface area (Å²) < 4.78 is 28.0. The molecule has 0 saturated carbocycles. The van der Waals surface area contributed by atoms with E-state index in [1.54, 1.807) is 24.4 Å². The van der Waals surface area contributed by atoms with Gasteiger partial charge in [-0.15, -0.1) is 11.3 Å². The average Bonchev–Trinajstić information content (AvgIpc) is 3.17. The summed E-state index contributed by atoms with van der Waals surface area (Å²) in [7, 11) is -3.43. The van der Waals surface area contributed by atoms with Crippen molar-refractivity contribution in [1.29, 1.82) is 5.26 Å². The normalized spacial score (nSPS) is 15.8. The van der Waals surface area contributed by atoms with E-state index in [9.17, 15) is 13.7 Å². The van der Waals surface area contributed by atoms with Crippen molar-refractivity contribution in [2.24, 2.45) is 5.92 Å². The quantitative estimate of drug-likeness (QED) is 0.820. The maximum absolute atomic E-state index is 12.4. The number of sulfonamides is 1. The van der Waals surface area contributed by atoms with E-state index in [0.29, 0.717) is 22.2 Å². The fourth-order valence-electron chi connectivity index (χ4n) is 3.08. The first-order valence-electron chi connectivity index (χ1n) is 8.72. The Morgan fingerprint density at radius 2 is 2.12 bits per heavy atom. The monoisotopic (exact) mass is 390 g/mol. The SMILES string of the molecule is CCc1ccc(S(=O)(=O)NCC2CCN(c3ncccc3C#N)CC2)s1. The molecule has 1 N–H and O–H groups in total. The van der Waals surface area contributed by atoms with Gasteiger partial charge in [0, 0.05) is 30.7 Å². The first-order valence-corrected chi connectivity index (χ1v) is 11.0. The molecule has 6 nitrogen and oxygen atoms in total. The fraction of sp³-hybridized carbons (Fsp3) is 0.444. The zero-order valence-electron chi connectivity index (χ0n) is 14.7. The molecule has 0 spiro atoms. The first kappa shape index (κ1) is 18.8. The van der Waals surface area contributed by atoms with Crippen LogP contribution in [0.2, 0.25) is 0 Å². The second-order valence-corrected chi connectivity index (χ2v) is 9.51. The molecule has 0 aromatic carbocycles. The van der Waals surface area contributed by atoms with E-state index in [4.69, 9.17) is 0 Å². The number of rotatable bonds is 6. The number of nitriles is 1. The van der Waals surface area contributed by atoms with Gasteiger partial charge in [0.25, 0.3) is 0 Å². The summed E-state index contributed by atoms with van der Waals surface area (Å²) in [6.07, 6.45) is 4.28. The van der Waals surface area contributed by atoms with E-state index >= 15 is 0 Å². The van der Waals surface area contributed by atoms with Crippen LogP contribution in [0.1, 0.15) is 30.2 Å². The van der Waals surface area contributed by atoms with E-state index in [2.05, 4.69) is 20.7 Å². The number of hydrogen-bond acceptors (Lipinski definition) is 6. The topological polar surface area (TPSA) is 86.1 Å². The van der Waals surface area contributed by atoms with Crippen molar-refractivity contribution in [3.05, 3.63) is 40.9 Å². The number of aryl methyl sites for hydroxylation is 1. The number of hydrogen-bond donors (Lipinski definition) is 1. The number of thiophene rings is 1. The lowest BCUT2D eigenvalue weighted by molar-refractivity contribution is 0.400. The lowest BCUT2D eigenvalue weighted by atomic mass is 9.97. The van der Waals surface area contributed by atoms with Gasteiger partial charge in [0.05, 0.1) is 5.56 Å². The molecule has 0 bridgehead atoms. The molecule has 26 heavy (non-hydrogen) atoms. The minimum Gasteiger partial charge on any atom is -0.356 e. The van der Waals surface area contributed by atoms with Gasteiger partial charge in [-0.2, -0.15) is 5.26 Å². The van der Waals surface area contributed by atoms with Crippen molar-refractivity contribution in [1.82, 2.24) is 9.71 Å². The summed E-state index contributed by atoms with van der Waals surface area (Å²) in [5.41, 5.74) is 0.580. The standard InChI is InChI=1S/C18H22N4O2S2/c1-2-16-5-6-17(25-16)26(23,24)21-13-14-7-10-22(11-8-14)18-15(12-19)4-3-9-20-18/h3-6,9,14,21H,2,7-8,10-11,13H2,1H3. The highest BCUT2D eigenvalue weighted by Gasteiger charge is 2.24. The number of nitrogens with one attached hydrogen (secondary N) is 1. The third kappa shape index (κ3) is 4.23. The van der Waals surface area contributed by atoms with Crippen LogP contribution >= 0.6 is 11.3 Å². The molecule has 0 atom stereocenters. The summed E-state index contributed by atoms with van der Waals surface area (Å²) in [6.45, 7) is 4.01. The van der Waals surface area contributed by atoms with Gasteiger partial charge in [0.2, 0.25) is 10.0 Å². The third-order valence-corrected chi connectivity index (χ3v) is 7.78. The number of piperidine rings is 1. The molecule has 1 fully saturated rings. The van der Waals surface area contributed by atoms with Gasteiger partial charge in [0.15, 0.2) is 0 Å². The molecule has 2 aromatic rings. The first-order chi connectivity index (χ1) is 12.5. The van der Waals surface area contributed by atoms with Crippen LogP contribution in [0.15, 0.2) is 34.7 Å². The van der Waals surface area contributed by atoms with Crippen molar-refractivity contribution in [3.63, 3.8) is 0 Å². The predicted molar refractivity (Wildman–Crippen MR) is 103 cm³/mol. The Bertz CT molecular complexity index is 894. The molecule has 8 heteroatoms. The summed E-state index contributed by atoms with van der Waals surface area (Å²) in [6, 6.07) is 9.27. The zero-order chi connectivity index (χ0) is 18.6. The third-order valence-electron chi connectivity index (χ3n) is 4.63. The van der Waals surface area contributed by atoms with E-state index in [1.165, 1.54) is 11.3 Å². The highest BCUT2D eigenvalue weighted by Crippen LogP contribution is 2.25. The summed E-state index contributed by atoms with van der Waals surface area (Å²) in [4.78, 5) is 7.51. The lowest BCUT2D eigenvalue weighted by Gasteiger charge is -2.33. The molecular formula is C18H22N4O2S2. The average molecular weight is 391 g/mol. The molecule has 0 amide bonds. The Labute approximate surface area is 158 Å². The van der Waals surface area contributed by atoms with Gasteiger partial charge in [-0.3, -0.25) is 0 Å². The fourth-order valence-corrected chi connectivity index (χ4v) is 5.53. The Morgan fingerprint density at radius 3 is 2.77 bits per heavy atom. The second-order valence-electron chi connectivity index (χ2n) is 6.34. The molecule has 0 unspecified atom stereocenters. The molecule has 3 rings (SSSR count). The highest BCUT2D eigenvalue weighted by atomic mass is 32.2. The van der Waals surface area contributed by atoms with E-state index in [-0.39, 0.29) is 0 Å². The zero-order valence-corrected chi connectivity index (χ0v) is 16.3. The van der Waals surface area contributed by atoms with Gasteiger partial charge in [-0.05, 0) is 49.4 Å². The number of anilines is 1. The maximum Gasteiger partial charge on any atom is 0.250 e. The van der Waals surface area contributed by atoms with E-state index in [1.807, 2.05) is 13.0 Å². The van der Waals surface area contributed by atoms with Gasteiger partial charge < -0.3 is 4.90 Å². The van der Waals surface area contributed by atoms with Crippen LogP contribution < -0.4 is 9.62 Å². The molecule has 0 radical (unpaired) electrons. The van der Waals surface area contributed by atoms with Crippen LogP contribution in [0.3, 0.4) is 0 Å². The van der Waals surface area contributed by atoms with Gasteiger partial charge in [0.1, 0.15) is 16.1 Å². The number of pyridine rings is 1. The van der Waals surface area contributed by atoms with Crippen LogP contribution in [0.25, 0.3) is 0 Å². The van der Waals surface area contributed by atoms with E-state index in [0.717, 1.165) is 43.0 Å². The molecule has 1 aliphatic rings.